The number of carbonyl (C=O) groups excluding carboxylic acids is 3. The van der Waals surface area contributed by atoms with Gasteiger partial charge < -0.3 is 14.5 Å². The van der Waals surface area contributed by atoms with Crippen LogP contribution in [0.1, 0.15) is 40.5 Å². The third kappa shape index (κ3) is 4.53. The van der Waals surface area contributed by atoms with Crippen molar-refractivity contribution in [3.05, 3.63) is 71.9 Å². The number of hydrogen-bond acceptors (Lipinski definition) is 6. The van der Waals surface area contributed by atoms with Gasteiger partial charge in [-0.1, -0.05) is 12.1 Å². The van der Waals surface area contributed by atoms with Gasteiger partial charge >= 0.3 is 5.97 Å². The summed E-state index contributed by atoms with van der Waals surface area (Å²) >= 11 is 0. The number of carbonyl (C=O) groups is 3. The zero-order valence-corrected chi connectivity index (χ0v) is 15.4. The largest absolute Gasteiger partial charge is 0.452 e. The molecule has 2 heterocycles. The molecule has 0 spiro atoms. The van der Waals surface area contributed by atoms with E-state index in [4.69, 9.17) is 9.15 Å². The molecule has 3 rings (SSSR count). The van der Waals surface area contributed by atoms with E-state index in [2.05, 4.69) is 10.4 Å². The Kier molecular flexibility index (Phi) is 5.69. The number of nitrogens with one attached hydrogen (secondary N) is 1. The number of rotatable bonds is 7. The fourth-order valence-electron chi connectivity index (χ4n) is 2.53. The lowest BCUT2D eigenvalue weighted by atomic mass is 10.1. The summed E-state index contributed by atoms with van der Waals surface area (Å²) in [6.45, 7) is 3.22. The number of benzene rings is 1. The number of ether oxygens (including phenoxy) is 1. The summed E-state index contributed by atoms with van der Waals surface area (Å²) in [5.41, 5.74) is 0.742. The van der Waals surface area contributed by atoms with Gasteiger partial charge in [-0.15, -0.1) is 0 Å². The molecule has 0 aliphatic carbocycles. The standard InChI is InChI=1S/C20H19N3O5/c1-13(24)16-6-3-4-7-17(16)22-19(25)14(2)27-20(26)18-9-8-15(28-18)12-23-11-5-10-21-23/h3-11,14H,12H2,1-2H3,(H,22,25). The second-order valence-corrected chi connectivity index (χ2v) is 6.11. The van der Waals surface area contributed by atoms with E-state index in [1.54, 1.807) is 53.5 Å². The number of furan rings is 1. The molecule has 0 radical (unpaired) electrons. The van der Waals surface area contributed by atoms with Gasteiger partial charge in [-0.25, -0.2) is 4.79 Å². The summed E-state index contributed by atoms with van der Waals surface area (Å²) in [5, 5.41) is 6.66. The highest BCUT2D eigenvalue weighted by molar-refractivity contribution is 6.05. The van der Waals surface area contributed by atoms with E-state index in [-0.39, 0.29) is 11.5 Å². The van der Waals surface area contributed by atoms with E-state index in [0.29, 0.717) is 23.6 Å². The maximum absolute atomic E-state index is 12.3. The van der Waals surface area contributed by atoms with Crippen molar-refractivity contribution in [2.75, 3.05) is 5.32 Å². The molecule has 8 nitrogen and oxygen atoms in total. The smallest absolute Gasteiger partial charge is 0.375 e. The number of Topliss-reactive ketones (excluding diaryl/α,β-unsaturated/α-hetero) is 1. The van der Waals surface area contributed by atoms with Gasteiger partial charge in [0.25, 0.3) is 5.91 Å². The molecule has 1 aromatic carbocycles. The topological polar surface area (TPSA) is 103 Å². The highest BCUT2D eigenvalue weighted by atomic mass is 16.6. The minimum absolute atomic E-state index is 0.00839. The number of anilines is 1. The highest BCUT2D eigenvalue weighted by Crippen LogP contribution is 2.17. The molecule has 1 N–H and O–H groups in total. The lowest BCUT2D eigenvalue weighted by molar-refractivity contribution is -0.123. The van der Waals surface area contributed by atoms with Crippen LogP contribution in [0.25, 0.3) is 0 Å². The van der Waals surface area contributed by atoms with E-state index >= 15 is 0 Å². The molecule has 0 saturated carbocycles. The molecular formula is C20H19N3O5. The molecule has 1 atom stereocenters. The van der Waals surface area contributed by atoms with Crippen LogP contribution in [0.5, 0.6) is 0 Å². The molecule has 1 amide bonds. The zero-order chi connectivity index (χ0) is 20.1. The Morgan fingerprint density at radius 2 is 1.96 bits per heavy atom. The van der Waals surface area contributed by atoms with Crippen LogP contribution < -0.4 is 5.32 Å². The first-order chi connectivity index (χ1) is 13.4. The number of nitrogens with zero attached hydrogens (tertiary/aromatic N) is 2. The number of aromatic nitrogens is 2. The van der Waals surface area contributed by atoms with Crippen molar-refractivity contribution in [1.29, 1.82) is 0 Å². The molecule has 0 fully saturated rings. The van der Waals surface area contributed by atoms with Gasteiger partial charge in [0.05, 0.1) is 12.2 Å². The Morgan fingerprint density at radius 3 is 2.68 bits per heavy atom. The maximum Gasteiger partial charge on any atom is 0.375 e. The average molecular weight is 381 g/mol. The second kappa shape index (κ2) is 8.34. The van der Waals surface area contributed by atoms with Crippen LogP contribution in [0.15, 0.2) is 59.3 Å². The van der Waals surface area contributed by atoms with Crippen LogP contribution in [0, 0.1) is 0 Å². The van der Waals surface area contributed by atoms with Gasteiger partial charge in [0.1, 0.15) is 5.76 Å². The molecule has 8 heteroatoms. The average Bonchev–Trinajstić information content (AvgIpc) is 3.34. The van der Waals surface area contributed by atoms with Crippen LogP contribution in [-0.4, -0.2) is 33.5 Å². The number of amides is 1. The van der Waals surface area contributed by atoms with E-state index in [1.165, 1.54) is 19.9 Å². The van der Waals surface area contributed by atoms with Crippen LogP contribution in [0.2, 0.25) is 0 Å². The number of hydrogen-bond donors (Lipinski definition) is 1. The minimum Gasteiger partial charge on any atom is -0.452 e. The Labute approximate surface area is 161 Å². The first kappa shape index (κ1) is 19.1. The predicted molar refractivity (Wildman–Crippen MR) is 100.0 cm³/mol. The fraction of sp³-hybridized carbons (Fsp3) is 0.200. The lowest BCUT2D eigenvalue weighted by Crippen LogP contribution is -2.30. The Balaban J connectivity index is 1.60. The van der Waals surface area contributed by atoms with Crippen LogP contribution in [0.3, 0.4) is 0 Å². The Hall–Kier alpha value is -3.68. The van der Waals surface area contributed by atoms with E-state index in [9.17, 15) is 14.4 Å². The fourth-order valence-corrected chi connectivity index (χ4v) is 2.53. The second-order valence-electron chi connectivity index (χ2n) is 6.11. The summed E-state index contributed by atoms with van der Waals surface area (Å²) in [7, 11) is 0. The Bertz CT molecular complexity index is 991. The van der Waals surface area contributed by atoms with Gasteiger partial charge in [-0.05, 0) is 44.2 Å². The number of esters is 1. The van der Waals surface area contributed by atoms with Gasteiger partial charge in [0.15, 0.2) is 11.9 Å². The Morgan fingerprint density at radius 1 is 1.18 bits per heavy atom. The number of para-hydroxylation sites is 1. The van der Waals surface area contributed by atoms with Crippen LogP contribution >= 0.6 is 0 Å². The van der Waals surface area contributed by atoms with Crippen LogP contribution in [0.4, 0.5) is 5.69 Å². The van der Waals surface area contributed by atoms with Gasteiger partial charge in [0, 0.05) is 18.0 Å². The lowest BCUT2D eigenvalue weighted by Gasteiger charge is -2.14. The van der Waals surface area contributed by atoms with Crippen molar-refractivity contribution in [3.63, 3.8) is 0 Å². The summed E-state index contributed by atoms with van der Waals surface area (Å²) in [6, 6.07) is 11.5. The zero-order valence-electron chi connectivity index (χ0n) is 15.4. The predicted octanol–water partition coefficient (Wildman–Crippen LogP) is 2.91. The molecule has 28 heavy (non-hydrogen) atoms. The van der Waals surface area contributed by atoms with Gasteiger partial charge in [-0.3, -0.25) is 14.3 Å². The summed E-state index contributed by atoms with van der Waals surface area (Å²) in [4.78, 5) is 36.2. The molecule has 0 bridgehead atoms. The van der Waals surface area contributed by atoms with Crippen molar-refractivity contribution < 1.29 is 23.5 Å². The third-order valence-corrected chi connectivity index (χ3v) is 3.96. The summed E-state index contributed by atoms with van der Waals surface area (Å²) in [6.07, 6.45) is 2.33. The molecule has 0 aliphatic heterocycles. The molecule has 0 saturated heterocycles. The van der Waals surface area contributed by atoms with Crippen molar-refractivity contribution in [3.8, 4) is 0 Å². The van der Waals surface area contributed by atoms with Crippen molar-refractivity contribution in [2.24, 2.45) is 0 Å². The van der Waals surface area contributed by atoms with Crippen molar-refractivity contribution >= 4 is 23.3 Å². The molecule has 2 aromatic heterocycles. The molecule has 3 aromatic rings. The quantitative estimate of drug-likeness (QED) is 0.499. The first-order valence-corrected chi connectivity index (χ1v) is 8.62. The van der Waals surface area contributed by atoms with Gasteiger partial charge in [0.2, 0.25) is 5.76 Å². The van der Waals surface area contributed by atoms with Crippen molar-refractivity contribution in [2.45, 2.75) is 26.5 Å². The summed E-state index contributed by atoms with van der Waals surface area (Å²) < 4.78 is 12.3. The third-order valence-electron chi connectivity index (χ3n) is 3.96. The molecular weight excluding hydrogens is 362 g/mol. The molecule has 144 valence electrons. The summed E-state index contributed by atoms with van der Waals surface area (Å²) in [5.74, 6) is -0.963. The van der Waals surface area contributed by atoms with E-state index < -0.39 is 18.0 Å². The van der Waals surface area contributed by atoms with Crippen molar-refractivity contribution in [1.82, 2.24) is 9.78 Å². The molecule has 0 aliphatic rings. The number of ketones is 1. The highest BCUT2D eigenvalue weighted by Gasteiger charge is 2.22. The normalized spacial score (nSPS) is 11.6. The SMILES string of the molecule is CC(=O)c1ccccc1NC(=O)C(C)OC(=O)c1ccc(Cn2cccn2)o1. The molecule has 1 unspecified atom stereocenters. The van der Waals surface area contributed by atoms with Crippen LogP contribution in [-0.2, 0) is 16.1 Å². The van der Waals surface area contributed by atoms with Gasteiger partial charge in [-0.2, -0.15) is 5.10 Å². The maximum atomic E-state index is 12.3. The van der Waals surface area contributed by atoms with E-state index in [0.717, 1.165) is 0 Å². The monoisotopic (exact) mass is 381 g/mol. The van der Waals surface area contributed by atoms with E-state index in [1.807, 2.05) is 0 Å². The minimum atomic E-state index is -1.08. The first-order valence-electron chi connectivity index (χ1n) is 8.62.